The van der Waals surface area contributed by atoms with E-state index in [2.05, 4.69) is 16.0 Å². The summed E-state index contributed by atoms with van der Waals surface area (Å²) < 4.78 is 5.46. The van der Waals surface area contributed by atoms with Crippen molar-refractivity contribution >= 4 is 17.8 Å². The van der Waals surface area contributed by atoms with E-state index in [-0.39, 0.29) is 18.1 Å². The van der Waals surface area contributed by atoms with Crippen LogP contribution in [0.2, 0.25) is 0 Å². The van der Waals surface area contributed by atoms with Crippen LogP contribution in [0.3, 0.4) is 0 Å². The standard InChI is InChI=1S/C18H23N3O4/c1-18(16(23)20-17(24)21-18)12-9-7-11(8-10-12)15(22)19-13-5-3-4-6-14(13)25-2/h7-10,13-14H,3-6H2,1-2H3,(H,19,22)(H2,20,21,23,24)/t13-,14-,18-/m1/s1. The topological polar surface area (TPSA) is 96.5 Å². The Morgan fingerprint density at radius 2 is 1.88 bits per heavy atom. The maximum absolute atomic E-state index is 12.5. The number of benzene rings is 1. The van der Waals surface area contributed by atoms with Crippen LogP contribution < -0.4 is 16.0 Å². The lowest BCUT2D eigenvalue weighted by Gasteiger charge is -2.31. The number of hydrogen-bond acceptors (Lipinski definition) is 4. The van der Waals surface area contributed by atoms with E-state index in [1.807, 2.05) is 0 Å². The van der Waals surface area contributed by atoms with Crippen molar-refractivity contribution in [2.75, 3.05) is 7.11 Å². The molecule has 3 atom stereocenters. The van der Waals surface area contributed by atoms with E-state index < -0.39 is 17.5 Å². The molecule has 7 heteroatoms. The number of ether oxygens (including phenoxy) is 1. The molecule has 0 aromatic heterocycles. The molecule has 1 saturated heterocycles. The third kappa shape index (κ3) is 3.37. The van der Waals surface area contributed by atoms with Gasteiger partial charge in [-0.25, -0.2) is 4.79 Å². The summed E-state index contributed by atoms with van der Waals surface area (Å²) in [5.74, 6) is -0.564. The second-order valence-electron chi connectivity index (χ2n) is 6.75. The van der Waals surface area contributed by atoms with E-state index in [1.165, 1.54) is 0 Å². The number of imide groups is 1. The van der Waals surface area contributed by atoms with Gasteiger partial charge in [-0.1, -0.05) is 25.0 Å². The lowest BCUT2D eigenvalue weighted by molar-refractivity contribution is -0.123. The van der Waals surface area contributed by atoms with Crippen molar-refractivity contribution in [1.82, 2.24) is 16.0 Å². The fourth-order valence-corrected chi connectivity index (χ4v) is 3.50. The van der Waals surface area contributed by atoms with Crippen LogP contribution in [0.1, 0.15) is 48.5 Å². The molecule has 2 fully saturated rings. The predicted molar refractivity (Wildman–Crippen MR) is 91.0 cm³/mol. The fourth-order valence-electron chi connectivity index (χ4n) is 3.50. The highest BCUT2D eigenvalue weighted by Crippen LogP contribution is 2.25. The van der Waals surface area contributed by atoms with Crippen molar-refractivity contribution in [2.24, 2.45) is 0 Å². The molecule has 0 unspecified atom stereocenters. The molecular formula is C18H23N3O4. The minimum Gasteiger partial charge on any atom is -0.379 e. The van der Waals surface area contributed by atoms with Crippen molar-refractivity contribution in [1.29, 1.82) is 0 Å². The second kappa shape index (κ2) is 6.84. The lowest BCUT2D eigenvalue weighted by Crippen LogP contribution is -2.46. The van der Waals surface area contributed by atoms with Crippen molar-refractivity contribution in [3.8, 4) is 0 Å². The number of rotatable bonds is 4. The Morgan fingerprint density at radius 1 is 1.20 bits per heavy atom. The summed E-state index contributed by atoms with van der Waals surface area (Å²) in [5, 5.41) is 7.87. The molecule has 1 aromatic carbocycles. The molecule has 134 valence electrons. The van der Waals surface area contributed by atoms with E-state index in [9.17, 15) is 14.4 Å². The minimum atomic E-state index is -1.11. The van der Waals surface area contributed by atoms with Crippen LogP contribution in [-0.2, 0) is 15.1 Å². The van der Waals surface area contributed by atoms with Crippen LogP contribution in [-0.4, -0.2) is 37.1 Å². The first-order valence-corrected chi connectivity index (χ1v) is 8.52. The zero-order valence-electron chi connectivity index (χ0n) is 14.4. The Labute approximate surface area is 146 Å². The fraction of sp³-hybridized carbons (Fsp3) is 0.500. The summed E-state index contributed by atoms with van der Waals surface area (Å²) in [6.07, 6.45) is 4.11. The van der Waals surface area contributed by atoms with Crippen LogP contribution in [0.15, 0.2) is 24.3 Å². The smallest absolute Gasteiger partial charge is 0.322 e. The van der Waals surface area contributed by atoms with Gasteiger partial charge < -0.3 is 15.4 Å². The van der Waals surface area contributed by atoms with Gasteiger partial charge in [0.25, 0.3) is 11.8 Å². The Kier molecular flexibility index (Phi) is 4.76. The lowest BCUT2D eigenvalue weighted by atomic mass is 9.91. The van der Waals surface area contributed by atoms with Crippen LogP contribution in [0, 0.1) is 0 Å². The molecule has 1 aliphatic heterocycles. The molecule has 3 rings (SSSR count). The average molecular weight is 345 g/mol. The number of amides is 4. The van der Waals surface area contributed by atoms with E-state index in [0.717, 1.165) is 25.7 Å². The Morgan fingerprint density at radius 3 is 2.48 bits per heavy atom. The molecular weight excluding hydrogens is 322 g/mol. The summed E-state index contributed by atoms with van der Waals surface area (Å²) in [6, 6.07) is 6.21. The number of carbonyl (C=O) groups is 3. The summed E-state index contributed by atoms with van der Waals surface area (Å²) in [4.78, 5) is 35.8. The molecule has 7 nitrogen and oxygen atoms in total. The van der Waals surface area contributed by atoms with E-state index in [1.54, 1.807) is 38.3 Å². The third-order valence-corrected chi connectivity index (χ3v) is 5.09. The van der Waals surface area contributed by atoms with Gasteiger partial charge >= 0.3 is 6.03 Å². The van der Waals surface area contributed by atoms with Gasteiger partial charge in [-0.05, 0) is 37.5 Å². The third-order valence-electron chi connectivity index (χ3n) is 5.09. The molecule has 2 aliphatic rings. The summed E-state index contributed by atoms with van der Waals surface area (Å²) in [5.41, 5.74) is 0.0219. The van der Waals surface area contributed by atoms with Crippen molar-refractivity contribution in [3.63, 3.8) is 0 Å². The van der Waals surface area contributed by atoms with Gasteiger partial charge in [-0.3, -0.25) is 14.9 Å². The molecule has 3 N–H and O–H groups in total. The van der Waals surface area contributed by atoms with Crippen LogP contribution >= 0.6 is 0 Å². The molecule has 25 heavy (non-hydrogen) atoms. The van der Waals surface area contributed by atoms with E-state index >= 15 is 0 Å². The summed E-state index contributed by atoms with van der Waals surface area (Å²) >= 11 is 0. The highest BCUT2D eigenvalue weighted by Gasteiger charge is 2.43. The monoisotopic (exact) mass is 345 g/mol. The van der Waals surface area contributed by atoms with Crippen LogP contribution in [0.5, 0.6) is 0 Å². The molecule has 1 saturated carbocycles. The van der Waals surface area contributed by atoms with Gasteiger partial charge in [0.2, 0.25) is 0 Å². The van der Waals surface area contributed by atoms with Gasteiger partial charge in [-0.15, -0.1) is 0 Å². The van der Waals surface area contributed by atoms with E-state index in [0.29, 0.717) is 11.1 Å². The second-order valence-corrected chi connectivity index (χ2v) is 6.75. The number of carbonyl (C=O) groups excluding carboxylic acids is 3. The van der Waals surface area contributed by atoms with Gasteiger partial charge in [0.15, 0.2) is 0 Å². The van der Waals surface area contributed by atoms with Gasteiger partial charge in [0.05, 0.1) is 12.1 Å². The Balaban J connectivity index is 1.71. The SMILES string of the molecule is CO[C@@H]1CCCC[C@H]1NC(=O)c1ccc([C@@]2(C)NC(=O)NC2=O)cc1. The maximum Gasteiger partial charge on any atom is 0.322 e. The molecule has 0 bridgehead atoms. The largest absolute Gasteiger partial charge is 0.379 e. The first-order valence-electron chi connectivity index (χ1n) is 8.52. The molecule has 0 spiro atoms. The molecule has 4 amide bonds. The minimum absolute atomic E-state index is 0.0170. The molecule has 0 radical (unpaired) electrons. The molecule has 1 aliphatic carbocycles. The average Bonchev–Trinajstić information content (AvgIpc) is 2.88. The maximum atomic E-state index is 12.5. The zero-order chi connectivity index (χ0) is 18.0. The zero-order valence-corrected chi connectivity index (χ0v) is 14.4. The van der Waals surface area contributed by atoms with Gasteiger partial charge in [0.1, 0.15) is 5.54 Å². The predicted octanol–water partition coefficient (Wildman–Crippen LogP) is 1.43. The Hall–Kier alpha value is -2.41. The highest BCUT2D eigenvalue weighted by molar-refractivity contribution is 6.07. The summed E-state index contributed by atoms with van der Waals surface area (Å²) in [7, 11) is 1.67. The first kappa shape index (κ1) is 17.4. The molecule has 1 aromatic rings. The highest BCUT2D eigenvalue weighted by atomic mass is 16.5. The number of hydrogen-bond donors (Lipinski definition) is 3. The summed E-state index contributed by atoms with van der Waals surface area (Å²) in [6.45, 7) is 1.63. The van der Waals surface area contributed by atoms with Crippen molar-refractivity contribution in [2.45, 2.75) is 50.3 Å². The van der Waals surface area contributed by atoms with Gasteiger partial charge in [-0.2, -0.15) is 0 Å². The van der Waals surface area contributed by atoms with Crippen molar-refractivity contribution < 1.29 is 19.1 Å². The number of nitrogens with one attached hydrogen (secondary N) is 3. The van der Waals surface area contributed by atoms with Crippen molar-refractivity contribution in [3.05, 3.63) is 35.4 Å². The normalized spacial score (nSPS) is 29.0. The van der Waals surface area contributed by atoms with Crippen LogP contribution in [0.25, 0.3) is 0 Å². The molecule has 1 heterocycles. The number of methoxy groups -OCH3 is 1. The first-order chi connectivity index (χ1) is 11.9. The van der Waals surface area contributed by atoms with E-state index in [4.69, 9.17) is 4.74 Å². The number of urea groups is 1. The van der Waals surface area contributed by atoms with Gasteiger partial charge in [0, 0.05) is 12.7 Å². The quantitative estimate of drug-likeness (QED) is 0.719. The van der Waals surface area contributed by atoms with Crippen LogP contribution in [0.4, 0.5) is 4.79 Å². The Bertz CT molecular complexity index is 688.